The van der Waals surface area contributed by atoms with Crippen molar-refractivity contribution in [2.75, 3.05) is 31.1 Å². The quantitative estimate of drug-likeness (QED) is 0.303. The highest BCUT2D eigenvalue weighted by Crippen LogP contribution is 2.25. The molecule has 0 aromatic heterocycles. The second-order valence-electron chi connectivity index (χ2n) is 10.1. The zero-order valence-electron chi connectivity index (χ0n) is 22.3. The Hall–Kier alpha value is -3.53. The van der Waals surface area contributed by atoms with Gasteiger partial charge in [-0.15, -0.1) is 0 Å². The van der Waals surface area contributed by atoms with Crippen LogP contribution in [0.2, 0.25) is 0 Å². The van der Waals surface area contributed by atoms with Crippen molar-refractivity contribution in [3.8, 4) is 11.5 Å². The van der Waals surface area contributed by atoms with Gasteiger partial charge >= 0.3 is 0 Å². The van der Waals surface area contributed by atoms with Crippen LogP contribution in [0.3, 0.4) is 0 Å². The number of anilines is 1. The average molecular weight is 562 g/mol. The highest BCUT2D eigenvalue weighted by molar-refractivity contribution is 8.15. The third-order valence-corrected chi connectivity index (χ3v) is 8.12. The lowest BCUT2D eigenvalue weighted by molar-refractivity contribution is -0.118. The molecule has 2 atom stereocenters. The summed E-state index contributed by atoms with van der Waals surface area (Å²) < 4.78 is 11.6. The first kappa shape index (κ1) is 28.0. The van der Waals surface area contributed by atoms with Gasteiger partial charge in [0.2, 0.25) is 5.91 Å². The van der Waals surface area contributed by atoms with Gasteiger partial charge in [0.25, 0.3) is 5.24 Å². The first-order valence-electron chi connectivity index (χ1n) is 13.7. The number of nitrogens with one attached hydrogen (secondary N) is 2. The Kier molecular flexibility index (Phi) is 9.59. The van der Waals surface area contributed by atoms with E-state index in [0.29, 0.717) is 31.4 Å². The lowest BCUT2D eigenvalue weighted by Gasteiger charge is -2.34. The summed E-state index contributed by atoms with van der Waals surface area (Å²) in [5.41, 5.74) is 3.32. The zero-order chi connectivity index (χ0) is 27.7. The van der Waals surface area contributed by atoms with Crippen LogP contribution in [0.4, 0.5) is 10.5 Å². The molecule has 2 saturated heterocycles. The van der Waals surface area contributed by atoms with E-state index in [1.807, 2.05) is 66.7 Å². The summed E-state index contributed by atoms with van der Waals surface area (Å²) in [4.78, 5) is 25.5. The highest BCUT2D eigenvalue weighted by atomic mass is 32.2. The maximum Gasteiger partial charge on any atom is 0.286 e. The van der Waals surface area contributed by atoms with E-state index >= 15 is 0 Å². The Bertz CT molecular complexity index is 1250. The van der Waals surface area contributed by atoms with Gasteiger partial charge in [-0.05, 0) is 66.8 Å². The molecule has 5 rings (SSSR count). The fourth-order valence-corrected chi connectivity index (χ4v) is 5.71. The van der Waals surface area contributed by atoms with Crippen LogP contribution in [-0.4, -0.2) is 59.9 Å². The first-order valence-corrected chi connectivity index (χ1v) is 14.6. The molecule has 40 heavy (non-hydrogen) atoms. The summed E-state index contributed by atoms with van der Waals surface area (Å²) >= 11 is 1.06. The van der Waals surface area contributed by atoms with Crippen molar-refractivity contribution in [1.29, 1.82) is 0 Å². The zero-order valence-corrected chi connectivity index (χ0v) is 23.1. The van der Waals surface area contributed by atoms with Gasteiger partial charge in [0.05, 0.1) is 5.25 Å². The highest BCUT2D eigenvalue weighted by Gasteiger charge is 2.31. The van der Waals surface area contributed by atoms with E-state index in [1.165, 1.54) is 0 Å². The number of amides is 2. The van der Waals surface area contributed by atoms with Crippen molar-refractivity contribution < 1.29 is 24.2 Å². The summed E-state index contributed by atoms with van der Waals surface area (Å²) in [5.74, 6) is 1.27. The number of imide groups is 1. The molecule has 0 aliphatic carbocycles. The standard InChI is InChI=1S/C31H35N3O5S/c35-26(21-39-28-12-10-27(11-13-28)38-20-23-4-2-1-3-5-23)19-32-24-14-16-34(17-15-24)25-8-6-22(7-9-25)18-29-30(36)33-31(37)40-29/h1-13,24,26,29,32,35H,14-21H2,(H,33,36,37)/t26-,29?/m0/s1. The summed E-state index contributed by atoms with van der Waals surface area (Å²) in [6, 6.07) is 26.1. The number of aliphatic hydroxyl groups excluding tert-OH is 1. The molecule has 2 aliphatic rings. The van der Waals surface area contributed by atoms with Gasteiger partial charge in [-0.3, -0.25) is 14.9 Å². The Labute approximate surface area is 239 Å². The molecule has 2 amide bonds. The lowest BCUT2D eigenvalue weighted by Crippen LogP contribution is -2.45. The van der Waals surface area contributed by atoms with Crippen LogP contribution in [-0.2, 0) is 17.8 Å². The largest absolute Gasteiger partial charge is 0.491 e. The predicted octanol–water partition coefficient (Wildman–Crippen LogP) is 4.16. The molecule has 2 fully saturated rings. The third kappa shape index (κ3) is 8.00. The Morgan fingerprint density at radius 3 is 2.23 bits per heavy atom. The number of hydrogen-bond acceptors (Lipinski definition) is 8. The smallest absolute Gasteiger partial charge is 0.286 e. The number of aliphatic hydroxyl groups is 1. The molecule has 2 aliphatic heterocycles. The number of nitrogens with zero attached hydrogens (tertiary/aromatic N) is 1. The van der Waals surface area contributed by atoms with Gasteiger partial charge in [-0.1, -0.05) is 54.2 Å². The van der Waals surface area contributed by atoms with Crippen molar-refractivity contribution in [1.82, 2.24) is 10.6 Å². The molecular weight excluding hydrogens is 526 g/mol. The van der Waals surface area contributed by atoms with Crippen LogP contribution in [0.15, 0.2) is 78.9 Å². The van der Waals surface area contributed by atoms with Crippen LogP contribution < -0.4 is 25.0 Å². The SMILES string of the molecule is O=C1NC(=O)C(Cc2ccc(N3CCC(NC[C@H](O)COc4ccc(OCc5ccccc5)cc4)CC3)cc2)S1. The molecule has 2 heterocycles. The van der Waals surface area contributed by atoms with Gasteiger partial charge < -0.3 is 24.8 Å². The van der Waals surface area contributed by atoms with Crippen molar-refractivity contribution in [3.05, 3.63) is 90.0 Å². The predicted molar refractivity (Wildman–Crippen MR) is 157 cm³/mol. The third-order valence-electron chi connectivity index (χ3n) is 7.14. The number of carbonyl (C=O) groups excluding carboxylic acids is 2. The van der Waals surface area contributed by atoms with E-state index in [4.69, 9.17) is 9.47 Å². The monoisotopic (exact) mass is 561 g/mol. The molecule has 0 spiro atoms. The van der Waals surface area contributed by atoms with E-state index in [1.54, 1.807) is 0 Å². The maximum absolute atomic E-state index is 11.8. The van der Waals surface area contributed by atoms with E-state index in [9.17, 15) is 14.7 Å². The van der Waals surface area contributed by atoms with Gasteiger partial charge in [0.1, 0.15) is 30.8 Å². The second-order valence-corrected chi connectivity index (χ2v) is 11.3. The molecule has 210 valence electrons. The molecule has 0 saturated carbocycles. The van der Waals surface area contributed by atoms with Gasteiger partial charge in [-0.2, -0.15) is 0 Å². The fourth-order valence-electron chi connectivity index (χ4n) is 4.85. The molecule has 8 nitrogen and oxygen atoms in total. The molecule has 3 aromatic rings. The van der Waals surface area contributed by atoms with Crippen LogP contribution in [0, 0.1) is 0 Å². The van der Waals surface area contributed by atoms with Crippen molar-refractivity contribution in [2.45, 2.75) is 43.3 Å². The normalized spacial score (nSPS) is 18.4. The van der Waals surface area contributed by atoms with Crippen molar-refractivity contribution in [2.24, 2.45) is 0 Å². The molecule has 9 heteroatoms. The Morgan fingerprint density at radius 1 is 0.900 bits per heavy atom. The minimum absolute atomic E-state index is 0.204. The number of thioether (sulfide) groups is 1. The van der Waals surface area contributed by atoms with E-state index < -0.39 is 6.10 Å². The summed E-state index contributed by atoms with van der Waals surface area (Å²) in [7, 11) is 0. The van der Waals surface area contributed by atoms with Crippen LogP contribution in [0.25, 0.3) is 0 Å². The van der Waals surface area contributed by atoms with E-state index in [2.05, 4.69) is 27.7 Å². The minimum atomic E-state index is -0.602. The summed E-state index contributed by atoms with van der Waals surface area (Å²) in [5, 5.41) is 15.6. The van der Waals surface area contributed by atoms with Crippen LogP contribution in [0.5, 0.6) is 11.5 Å². The maximum atomic E-state index is 11.8. The number of hydrogen-bond donors (Lipinski definition) is 3. The average Bonchev–Trinajstić information content (AvgIpc) is 3.31. The lowest BCUT2D eigenvalue weighted by atomic mass is 10.0. The van der Waals surface area contributed by atoms with Gasteiger partial charge in [0, 0.05) is 31.4 Å². The number of rotatable bonds is 12. The topological polar surface area (TPSA) is 100 Å². The van der Waals surface area contributed by atoms with E-state index in [0.717, 1.165) is 60.3 Å². The molecule has 0 radical (unpaired) electrons. The summed E-state index contributed by atoms with van der Waals surface area (Å²) in [6.45, 7) is 3.07. The molecule has 3 aromatic carbocycles. The Morgan fingerprint density at radius 2 is 1.57 bits per heavy atom. The fraction of sp³-hybridized carbons (Fsp3) is 0.355. The number of benzene rings is 3. The molecule has 1 unspecified atom stereocenters. The van der Waals surface area contributed by atoms with Crippen LogP contribution >= 0.6 is 11.8 Å². The van der Waals surface area contributed by atoms with Gasteiger partial charge in [-0.25, -0.2) is 0 Å². The molecular formula is C31H35N3O5S. The summed E-state index contributed by atoms with van der Waals surface area (Å²) in [6.07, 6.45) is 1.92. The minimum Gasteiger partial charge on any atom is -0.491 e. The molecule has 0 bridgehead atoms. The first-order chi connectivity index (χ1) is 19.5. The number of piperidine rings is 1. The van der Waals surface area contributed by atoms with Gasteiger partial charge in [0.15, 0.2) is 0 Å². The Balaban J connectivity index is 0.973. The second kappa shape index (κ2) is 13.7. The van der Waals surface area contributed by atoms with Crippen molar-refractivity contribution in [3.63, 3.8) is 0 Å². The van der Waals surface area contributed by atoms with E-state index in [-0.39, 0.29) is 23.0 Å². The number of ether oxygens (including phenoxy) is 2. The van der Waals surface area contributed by atoms with Crippen molar-refractivity contribution >= 4 is 28.6 Å². The number of carbonyl (C=O) groups is 2. The van der Waals surface area contributed by atoms with Crippen LogP contribution in [0.1, 0.15) is 24.0 Å². The molecule has 3 N–H and O–H groups in total.